The molecule has 3 aromatic rings. The minimum absolute atomic E-state index is 0.0270. The lowest BCUT2D eigenvalue weighted by Gasteiger charge is -2.11. The molecule has 2 amide bonds. The van der Waals surface area contributed by atoms with Crippen LogP contribution in [0, 0.1) is 0 Å². The molecule has 1 aromatic heterocycles. The van der Waals surface area contributed by atoms with Gasteiger partial charge in [-0.2, -0.15) is 13.2 Å². The fraction of sp³-hybridized carbons (Fsp3) is 0.0500. The number of rotatable bonds is 4. The summed E-state index contributed by atoms with van der Waals surface area (Å²) in [5.74, 6) is -1.10. The molecular weight excluding hydrogens is 387 g/mol. The van der Waals surface area contributed by atoms with Crippen molar-refractivity contribution in [2.45, 2.75) is 6.18 Å². The highest BCUT2D eigenvalue weighted by Gasteiger charge is 2.30. The molecule has 0 aliphatic rings. The fourth-order valence-electron chi connectivity index (χ4n) is 2.32. The molecule has 0 saturated carbocycles. The van der Waals surface area contributed by atoms with Crippen molar-refractivity contribution in [3.63, 3.8) is 0 Å². The smallest absolute Gasteiger partial charge is 0.416 e. The Bertz CT molecular complexity index is 1020. The molecule has 0 atom stereocenters. The molecule has 0 saturated heterocycles. The predicted octanol–water partition coefficient (Wildman–Crippen LogP) is 3.97. The maximum Gasteiger partial charge on any atom is 0.416 e. The normalized spacial score (nSPS) is 10.9. The first-order valence-electron chi connectivity index (χ1n) is 8.30. The number of alkyl halides is 3. The highest BCUT2D eigenvalue weighted by molar-refractivity contribution is 5.98. The van der Waals surface area contributed by atoms with Gasteiger partial charge < -0.3 is 4.74 Å². The third kappa shape index (κ3) is 5.32. The second-order valence-corrected chi connectivity index (χ2v) is 5.78. The minimum atomic E-state index is -4.49. The minimum Gasteiger partial charge on any atom is -0.457 e. The number of hydrogen-bond donors (Lipinski definition) is 2. The van der Waals surface area contributed by atoms with Gasteiger partial charge in [-0.15, -0.1) is 0 Å². The number of hydrazine groups is 1. The number of carbonyl (C=O) groups is 2. The number of halogens is 3. The number of benzene rings is 2. The quantitative estimate of drug-likeness (QED) is 0.649. The maximum atomic E-state index is 12.8. The van der Waals surface area contributed by atoms with Crippen molar-refractivity contribution in [1.29, 1.82) is 0 Å². The topological polar surface area (TPSA) is 80.3 Å². The van der Waals surface area contributed by atoms with Crippen molar-refractivity contribution in [3.8, 4) is 11.5 Å². The van der Waals surface area contributed by atoms with Gasteiger partial charge in [0.1, 0.15) is 17.2 Å². The summed E-state index contributed by atoms with van der Waals surface area (Å²) in [7, 11) is 0. The second-order valence-electron chi connectivity index (χ2n) is 5.78. The molecule has 0 aliphatic heterocycles. The molecule has 148 valence electrons. The van der Waals surface area contributed by atoms with Gasteiger partial charge in [0, 0.05) is 11.8 Å². The molecule has 9 heteroatoms. The largest absolute Gasteiger partial charge is 0.457 e. The Hall–Kier alpha value is -3.88. The molecule has 6 nitrogen and oxygen atoms in total. The van der Waals surface area contributed by atoms with E-state index in [0.29, 0.717) is 0 Å². The van der Waals surface area contributed by atoms with Crippen molar-refractivity contribution in [1.82, 2.24) is 15.8 Å². The average molecular weight is 401 g/mol. The number of nitrogens with one attached hydrogen (secondary N) is 2. The maximum absolute atomic E-state index is 12.8. The summed E-state index contributed by atoms with van der Waals surface area (Å²) in [5.41, 5.74) is 3.87. The number of pyridine rings is 1. The van der Waals surface area contributed by atoms with Crippen LogP contribution in [0.2, 0.25) is 0 Å². The Balaban J connectivity index is 1.66. The number of ether oxygens (including phenoxy) is 1. The van der Waals surface area contributed by atoms with E-state index in [1.165, 1.54) is 48.7 Å². The van der Waals surface area contributed by atoms with E-state index >= 15 is 0 Å². The van der Waals surface area contributed by atoms with E-state index in [0.717, 1.165) is 12.1 Å². The monoisotopic (exact) mass is 401 g/mol. The van der Waals surface area contributed by atoms with Crippen LogP contribution in [0.15, 0.2) is 72.9 Å². The van der Waals surface area contributed by atoms with Gasteiger partial charge in [0.05, 0.1) is 5.56 Å². The molecule has 0 unspecified atom stereocenters. The summed E-state index contributed by atoms with van der Waals surface area (Å²) in [6.07, 6.45) is -3.06. The lowest BCUT2D eigenvalue weighted by molar-refractivity contribution is -0.137. The fourth-order valence-corrected chi connectivity index (χ4v) is 2.32. The average Bonchev–Trinajstić information content (AvgIpc) is 2.72. The van der Waals surface area contributed by atoms with Gasteiger partial charge in [0.25, 0.3) is 11.8 Å². The molecule has 0 bridgehead atoms. The second kappa shape index (κ2) is 8.42. The number of amides is 2. The van der Waals surface area contributed by atoms with E-state index in [2.05, 4.69) is 15.8 Å². The molecule has 0 spiro atoms. The summed E-state index contributed by atoms with van der Waals surface area (Å²) in [6, 6.07) is 14.9. The number of hydrogen-bond acceptors (Lipinski definition) is 4. The van der Waals surface area contributed by atoms with E-state index in [1.54, 1.807) is 12.1 Å². The third-order valence-corrected chi connectivity index (χ3v) is 3.68. The number of aromatic nitrogens is 1. The molecule has 2 aromatic carbocycles. The molecule has 0 radical (unpaired) electrons. The van der Waals surface area contributed by atoms with Gasteiger partial charge in [-0.05, 0) is 48.5 Å². The van der Waals surface area contributed by atoms with Crippen LogP contribution >= 0.6 is 0 Å². The molecule has 29 heavy (non-hydrogen) atoms. The van der Waals surface area contributed by atoms with Gasteiger partial charge in [-0.25, -0.2) is 0 Å². The van der Waals surface area contributed by atoms with Gasteiger partial charge in [-0.1, -0.05) is 18.2 Å². The number of carbonyl (C=O) groups excluding carboxylic acids is 2. The highest BCUT2D eigenvalue weighted by atomic mass is 19.4. The van der Waals surface area contributed by atoms with E-state index < -0.39 is 23.6 Å². The summed E-state index contributed by atoms with van der Waals surface area (Å²) in [5, 5.41) is 0. The van der Waals surface area contributed by atoms with E-state index in [4.69, 9.17) is 4.74 Å². The zero-order valence-electron chi connectivity index (χ0n) is 14.7. The van der Waals surface area contributed by atoms with Crippen LogP contribution in [0.4, 0.5) is 13.2 Å². The Morgan fingerprint density at radius 1 is 0.828 bits per heavy atom. The summed E-state index contributed by atoms with van der Waals surface area (Å²) >= 11 is 0. The Morgan fingerprint density at radius 3 is 2.21 bits per heavy atom. The molecule has 2 N–H and O–H groups in total. The SMILES string of the molecule is O=C(NNC(=O)c1ccccn1)c1cccc(Oc2cccc(C(F)(F)F)c2)c1. The highest BCUT2D eigenvalue weighted by Crippen LogP contribution is 2.32. The van der Waals surface area contributed by atoms with Crippen molar-refractivity contribution in [2.75, 3.05) is 0 Å². The van der Waals surface area contributed by atoms with E-state index in [-0.39, 0.29) is 22.8 Å². The van der Waals surface area contributed by atoms with Crippen LogP contribution in [-0.4, -0.2) is 16.8 Å². The first-order chi connectivity index (χ1) is 13.8. The third-order valence-electron chi connectivity index (χ3n) is 3.68. The molecule has 1 heterocycles. The Labute approximate surface area is 163 Å². The first-order valence-corrected chi connectivity index (χ1v) is 8.30. The molecule has 3 rings (SSSR count). The lowest BCUT2D eigenvalue weighted by Crippen LogP contribution is -2.41. The van der Waals surface area contributed by atoms with Gasteiger partial charge in [-0.3, -0.25) is 25.4 Å². The zero-order valence-corrected chi connectivity index (χ0v) is 14.7. The van der Waals surface area contributed by atoms with Crippen LogP contribution in [-0.2, 0) is 6.18 Å². The Kier molecular flexibility index (Phi) is 5.77. The van der Waals surface area contributed by atoms with Crippen LogP contribution in [0.1, 0.15) is 26.4 Å². The predicted molar refractivity (Wildman–Crippen MR) is 97.1 cm³/mol. The standard InChI is InChI=1S/C20H14F3N3O3/c21-20(22,23)14-6-4-8-16(12-14)29-15-7-3-5-13(11-15)18(27)25-26-19(28)17-9-1-2-10-24-17/h1-12H,(H,25,27)(H,26,28). The van der Waals surface area contributed by atoms with Crippen LogP contribution < -0.4 is 15.6 Å². The summed E-state index contributed by atoms with van der Waals surface area (Å²) < 4.78 is 43.8. The first kappa shape index (κ1) is 19.9. The van der Waals surface area contributed by atoms with Crippen molar-refractivity contribution < 1.29 is 27.5 Å². The lowest BCUT2D eigenvalue weighted by atomic mass is 10.2. The summed E-state index contributed by atoms with van der Waals surface area (Å²) in [4.78, 5) is 28.0. The molecule has 0 fully saturated rings. The van der Waals surface area contributed by atoms with Crippen molar-refractivity contribution >= 4 is 11.8 Å². The molecule has 0 aliphatic carbocycles. The van der Waals surface area contributed by atoms with Crippen LogP contribution in [0.25, 0.3) is 0 Å². The van der Waals surface area contributed by atoms with E-state index in [9.17, 15) is 22.8 Å². The van der Waals surface area contributed by atoms with E-state index in [1.807, 2.05) is 0 Å². The zero-order chi connectivity index (χ0) is 20.9. The van der Waals surface area contributed by atoms with Gasteiger partial charge in [0.15, 0.2) is 0 Å². The van der Waals surface area contributed by atoms with Crippen molar-refractivity contribution in [3.05, 3.63) is 89.7 Å². The summed E-state index contributed by atoms with van der Waals surface area (Å²) in [6.45, 7) is 0. The van der Waals surface area contributed by atoms with Crippen LogP contribution in [0.3, 0.4) is 0 Å². The van der Waals surface area contributed by atoms with Crippen LogP contribution in [0.5, 0.6) is 11.5 Å². The Morgan fingerprint density at radius 2 is 1.52 bits per heavy atom. The van der Waals surface area contributed by atoms with Gasteiger partial charge >= 0.3 is 6.18 Å². The molecular formula is C20H14F3N3O3. The van der Waals surface area contributed by atoms with Gasteiger partial charge in [0.2, 0.25) is 0 Å². The number of nitrogens with zero attached hydrogens (tertiary/aromatic N) is 1. The van der Waals surface area contributed by atoms with Crippen molar-refractivity contribution in [2.24, 2.45) is 0 Å².